The van der Waals surface area contributed by atoms with Crippen LogP contribution in [0.2, 0.25) is 0 Å². The molecule has 0 radical (unpaired) electrons. The summed E-state index contributed by atoms with van der Waals surface area (Å²) in [5.41, 5.74) is 1.11. The van der Waals surface area contributed by atoms with E-state index in [-0.39, 0.29) is 0 Å². The third-order valence-electron chi connectivity index (χ3n) is 0.672. The highest BCUT2D eigenvalue weighted by molar-refractivity contribution is 14.1. The van der Waals surface area contributed by atoms with Crippen LogP contribution in [-0.2, 0) is 0 Å². The minimum Gasteiger partial charge on any atom is -0.309 e. The fourth-order valence-electron chi connectivity index (χ4n) is 0.286. The summed E-state index contributed by atoms with van der Waals surface area (Å²) in [5, 5.41) is 6.67. The van der Waals surface area contributed by atoms with Crippen LogP contribution < -0.4 is 0 Å². The van der Waals surface area contributed by atoms with E-state index in [1.54, 1.807) is 6.08 Å². The lowest BCUT2D eigenvalue weighted by atomic mass is 10.3. The van der Waals surface area contributed by atoms with Gasteiger partial charge in [-0.2, -0.15) is 0 Å². The molecule has 0 atom stereocenters. The Morgan fingerprint density at radius 1 is 1.62 bits per heavy atom. The van der Waals surface area contributed by atoms with E-state index in [9.17, 15) is 0 Å². The van der Waals surface area contributed by atoms with Gasteiger partial charge in [-0.1, -0.05) is 28.7 Å². The molecular weight excluding hydrogens is 213 g/mol. The van der Waals surface area contributed by atoms with Crippen molar-refractivity contribution in [2.45, 2.75) is 6.92 Å². The molecule has 0 spiro atoms. The van der Waals surface area contributed by atoms with Crippen LogP contribution in [0.4, 0.5) is 0 Å². The van der Waals surface area contributed by atoms with Crippen LogP contribution in [0.1, 0.15) is 6.92 Å². The first-order valence-corrected chi connectivity index (χ1v) is 3.50. The topological polar surface area (TPSA) is 23.9 Å². The molecular formula is C6H8IN. The first-order valence-electron chi connectivity index (χ1n) is 2.25. The monoisotopic (exact) mass is 221 g/mol. The number of halogens is 1. The third-order valence-corrected chi connectivity index (χ3v) is 1.03. The van der Waals surface area contributed by atoms with E-state index >= 15 is 0 Å². The van der Waals surface area contributed by atoms with Gasteiger partial charge in [0.15, 0.2) is 0 Å². The summed E-state index contributed by atoms with van der Waals surface area (Å²) < 4.78 is 1.92. The van der Waals surface area contributed by atoms with Crippen LogP contribution in [0.3, 0.4) is 0 Å². The molecule has 0 aromatic rings. The maximum Gasteiger partial charge on any atom is 0.0180 e. The molecule has 2 heteroatoms. The van der Waals surface area contributed by atoms with Crippen molar-refractivity contribution < 1.29 is 0 Å². The Labute approximate surface area is 63.1 Å². The summed E-state index contributed by atoms with van der Waals surface area (Å²) in [6, 6.07) is 0. The second-order valence-corrected chi connectivity index (χ2v) is 2.09. The fourth-order valence-corrected chi connectivity index (χ4v) is 0.854. The normalized spacial score (nSPS) is 12.5. The minimum atomic E-state index is 1.11. The second kappa shape index (κ2) is 5.03. The van der Waals surface area contributed by atoms with Crippen molar-refractivity contribution in [2.24, 2.45) is 0 Å². The molecule has 0 aliphatic rings. The van der Waals surface area contributed by atoms with Crippen molar-refractivity contribution in [2.75, 3.05) is 0 Å². The Morgan fingerprint density at radius 2 is 2.25 bits per heavy atom. The lowest BCUT2D eigenvalue weighted by Gasteiger charge is -1.81. The largest absolute Gasteiger partial charge is 0.309 e. The fraction of sp³-hybridized carbons (Fsp3) is 0.167. The maximum atomic E-state index is 6.67. The molecule has 0 heterocycles. The summed E-state index contributed by atoms with van der Waals surface area (Å²) in [6.07, 6.45) is 4.98. The zero-order valence-corrected chi connectivity index (χ0v) is 6.84. The molecule has 0 rings (SSSR count). The molecule has 0 saturated heterocycles. The number of rotatable bonds is 2. The average molecular weight is 221 g/mol. The molecule has 0 aromatic carbocycles. The van der Waals surface area contributed by atoms with Crippen molar-refractivity contribution in [1.29, 1.82) is 5.41 Å². The van der Waals surface area contributed by atoms with Gasteiger partial charge >= 0.3 is 0 Å². The van der Waals surface area contributed by atoms with Gasteiger partial charge in [-0.3, -0.25) is 0 Å². The number of allylic oxidation sites excluding steroid dienone is 3. The molecule has 0 fully saturated rings. The molecule has 0 bridgehead atoms. The number of hydrogen-bond donors (Lipinski definition) is 1. The van der Waals surface area contributed by atoms with E-state index in [1.807, 2.05) is 17.1 Å². The lowest BCUT2D eigenvalue weighted by molar-refractivity contribution is 1.52. The Bertz CT molecular complexity index is 124. The summed E-state index contributed by atoms with van der Waals surface area (Å²) in [7, 11) is 0. The predicted molar refractivity (Wildman–Crippen MR) is 45.7 cm³/mol. The van der Waals surface area contributed by atoms with Crippen molar-refractivity contribution in [1.82, 2.24) is 0 Å². The van der Waals surface area contributed by atoms with E-state index < -0.39 is 0 Å². The first-order chi connectivity index (χ1) is 3.81. The standard InChI is InChI=1S/C6H8IN/c1-6(2-4-7)3-5-8/h2-5,8H,1H3/b4-2-,6-3-,8-5?. The van der Waals surface area contributed by atoms with Gasteiger partial charge in [0.25, 0.3) is 0 Å². The van der Waals surface area contributed by atoms with E-state index in [4.69, 9.17) is 5.41 Å². The van der Waals surface area contributed by atoms with Gasteiger partial charge in [0, 0.05) is 6.21 Å². The number of nitrogens with one attached hydrogen (secondary N) is 1. The van der Waals surface area contributed by atoms with Crippen LogP contribution in [0.5, 0.6) is 0 Å². The molecule has 0 amide bonds. The van der Waals surface area contributed by atoms with Gasteiger partial charge in [-0.05, 0) is 22.7 Å². The van der Waals surface area contributed by atoms with Gasteiger partial charge in [0.2, 0.25) is 0 Å². The van der Waals surface area contributed by atoms with E-state index in [1.165, 1.54) is 6.21 Å². The summed E-state index contributed by atoms with van der Waals surface area (Å²) >= 11 is 2.15. The molecule has 44 valence electrons. The van der Waals surface area contributed by atoms with Crippen LogP contribution in [0.15, 0.2) is 21.8 Å². The zero-order chi connectivity index (χ0) is 6.41. The van der Waals surface area contributed by atoms with E-state index in [0.717, 1.165) is 5.57 Å². The second-order valence-electron chi connectivity index (χ2n) is 1.37. The highest BCUT2D eigenvalue weighted by atomic mass is 127. The number of hydrogen-bond acceptors (Lipinski definition) is 1. The summed E-state index contributed by atoms with van der Waals surface area (Å²) in [4.78, 5) is 0. The minimum absolute atomic E-state index is 1.11. The quantitative estimate of drug-likeness (QED) is 0.421. The molecule has 8 heavy (non-hydrogen) atoms. The Kier molecular flexibility index (Phi) is 4.95. The molecule has 0 aliphatic heterocycles. The smallest absolute Gasteiger partial charge is 0.0180 e. The maximum absolute atomic E-state index is 6.67. The van der Waals surface area contributed by atoms with Gasteiger partial charge in [0.1, 0.15) is 0 Å². The molecule has 0 aromatic heterocycles. The van der Waals surface area contributed by atoms with Gasteiger partial charge in [-0.25, -0.2) is 0 Å². The molecule has 1 N–H and O–H groups in total. The van der Waals surface area contributed by atoms with Gasteiger partial charge < -0.3 is 5.41 Å². The van der Waals surface area contributed by atoms with Crippen molar-refractivity contribution >= 4 is 28.8 Å². The van der Waals surface area contributed by atoms with Gasteiger partial charge in [0.05, 0.1) is 0 Å². The van der Waals surface area contributed by atoms with E-state index in [2.05, 4.69) is 22.6 Å². The Balaban J connectivity index is 3.79. The predicted octanol–water partition coefficient (Wildman–Crippen LogP) is 2.53. The SMILES string of the molecule is CC(/C=C\I)=C/C=N. The van der Waals surface area contributed by atoms with Crippen molar-refractivity contribution in [3.05, 3.63) is 21.8 Å². The van der Waals surface area contributed by atoms with Crippen LogP contribution in [0.25, 0.3) is 0 Å². The average Bonchev–Trinajstić information content (AvgIpc) is 1.68. The van der Waals surface area contributed by atoms with E-state index in [0.29, 0.717) is 0 Å². The van der Waals surface area contributed by atoms with Crippen molar-refractivity contribution in [3.8, 4) is 0 Å². The summed E-state index contributed by atoms with van der Waals surface area (Å²) in [6.45, 7) is 1.96. The van der Waals surface area contributed by atoms with Crippen LogP contribution >= 0.6 is 22.6 Å². The van der Waals surface area contributed by atoms with Crippen LogP contribution in [-0.4, -0.2) is 6.21 Å². The highest BCUT2D eigenvalue weighted by Gasteiger charge is 1.73. The lowest BCUT2D eigenvalue weighted by Crippen LogP contribution is -1.65. The molecule has 0 unspecified atom stereocenters. The molecule has 0 aliphatic carbocycles. The zero-order valence-electron chi connectivity index (χ0n) is 4.69. The summed E-state index contributed by atoms with van der Waals surface area (Å²) in [5.74, 6) is 0. The first kappa shape index (κ1) is 7.88. The Morgan fingerprint density at radius 3 is 2.62 bits per heavy atom. The molecule has 0 saturated carbocycles. The third kappa shape index (κ3) is 4.05. The van der Waals surface area contributed by atoms with Crippen molar-refractivity contribution in [3.63, 3.8) is 0 Å². The highest BCUT2D eigenvalue weighted by Crippen LogP contribution is 1.95. The van der Waals surface area contributed by atoms with Crippen LogP contribution in [0, 0.1) is 5.41 Å². The molecule has 1 nitrogen and oxygen atoms in total. The Hall–Kier alpha value is -0.120. The van der Waals surface area contributed by atoms with Gasteiger partial charge in [-0.15, -0.1) is 0 Å².